The van der Waals surface area contributed by atoms with Crippen molar-refractivity contribution in [1.82, 2.24) is 20.0 Å². The van der Waals surface area contributed by atoms with Crippen molar-refractivity contribution >= 4 is 27.7 Å². The van der Waals surface area contributed by atoms with Gasteiger partial charge in [-0.3, -0.25) is 19.4 Å². The van der Waals surface area contributed by atoms with Crippen LogP contribution in [0.15, 0.2) is 60.7 Å². The largest absolute Gasteiger partial charge is 0.353 e. The molecule has 6 nitrogen and oxygen atoms in total. The van der Waals surface area contributed by atoms with Crippen molar-refractivity contribution in [2.75, 3.05) is 38.1 Å². The number of likely N-dealkylation sites (tertiary alicyclic amines) is 3. The number of rotatable bonds is 10. The summed E-state index contributed by atoms with van der Waals surface area (Å²) in [6, 6.07) is 22.1. The third-order valence-corrected chi connectivity index (χ3v) is 9.16. The summed E-state index contributed by atoms with van der Waals surface area (Å²) in [6.07, 6.45) is 10.2. The van der Waals surface area contributed by atoms with Gasteiger partial charge in [-0.15, -0.1) is 0 Å². The molecule has 7 heteroatoms. The Morgan fingerprint density at radius 2 is 1.32 bits per heavy atom. The van der Waals surface area contributed by atoms with E-state index in [0.717, 1.165) is 103 Å². The molecule has 1 N–H and O–H groups in total. The first-order valence-corrected chi connectivity index (χ1v) is 16.9. The number of piperidine rings is 3. The van der Waals surface area contributed by atoms with E-state index in [4.69, 9.17) is 0 Å². The summed E-state index contributed by atoms with van der Waals surface area (Å²) < 4.78 is 0. The zero-order chi connectivity index (χ0) is 28.7. The third-order valence-electron chi connectivity index (χ3n) is 8.60. The maximum absolute atomic E-state index is 12.0. The number of hydrogen-bond acceptors (Lipinski definition) is 4. The summed E-state index contributed by atoms with van der Waals surface area (Å²) >= 11 is 3.39. The summed E-state index contributed by atoms with van der Waals surface area (Å²) in [5.41, 5.74) is 2.76. The van der Waals surface area contributed by atoms with Crippen molar-refractivity contribution in [3.63, 3.8) is 0 Å². The molecule has 0 radical (unpaired) electrons. The summed E-state index contributed by atoms with van der Waals surface area (Å²) in [5.74, 6) is 0.607. The smallest absolute Gasteiger partial charge is 0.222 e. The quantitative estimate of drug-likeness (QED) is 0.260. The fourth-order valence-electron chi connectivity index (χ4n) is 6.20. The van der Waals surface area contributed by atoms with Crippen LogP contribution in [-0.4, -0.2) is 76.7 Å². The van der Waals surface area contributed by atoms with Crippen molar-refractivity contribution < 1.29 is 9.59 Å². The first-order valence-electron chi connectivity index (χ1n) is 15.8. The van der Waals surface area contributed by atoms with Gasteiger partial charge in [0.2, 0.25) is 11.8 Å². The molecule has 3 fully saturated rings. The van der Waals surface area contributed by atoms with Crippen LogP contribution in [0, 0.1) is 0 Å². The second-order valence-corrected chi connectivity index (χ2v) is 12.6. The average molecular weight is 626 g/mol. The number of carbonyl (C=O) groups excluding carboxylic acids is 2. The number of benzene rings is 2. The van der Waals surface area contributed by atoms with Crippen LogP contribution in [0.5, 0.6) is 0 Å². The first kappa shape index (κ1) is 31.7. The molecule has 2 aromatic rings. The van der Waals surface area contributed by atoms with Crippen LogP contribution < -0.4 is 5.32 Å². The first-order chi connectivity index (χ1) is 20.1. The number of amides is 2. The van der Waals surface area contributed by atoms with E-state index in [1.54, 1.807) is 0 Å². The molecular formula is C34H49BrN4O2. The molecule has 0 aromatic heterocycles. The Bertz CT molecular complexity index is 1020. The summed E-state index contributed by atoms with van der Waals surface area (Å²) in [6.45, 7) is 7.42. The Morgan fingerprint density at radius 1 is 0.756 bits per heavy atom. The number of carbonyl (C=O) groups is 2. The topological polar surface area (TPSA) is 55.9 Å². The van der Waals surface area contributed by atoms with Crippen molar-refractivity contribution in [2.24, 2.45) is 0 Å². The second-order valence-electron chi connectivity index (χ2n) is 11.8. The van der Waals surface area contributed by atoms with E-state index in [9.17, 15) is 9.59 Å². The molecule has 0 spiro atoms. The number of nitrogens with one attached hydrogen (secondary N) is 1. The molecule has 3 heterocycles. The van der Waals surface area contributed by atoms with Crippen LogP contribution >= 0.6 is 15.9 Å². The molecule has 3 aliphatic rings. The fraction of sp³-hybridized carbons (Fsp3) is 0.588. The summed E-state index contributed by atoms with van der Waals surface area (Å²) in [4.78, 5) is 30.9. The van der Waals surface area contributed by atoms with Crippen molar-refractivity contribution in [1.29, 1.82) is 0 Å². The van der Waals surface area contributed by atoms with Crippen LogP contribution in [0.4, 0.5) is 0 Å². The van der Waals surface area contributed by atoms with Gasteiger partial charge in [-0.25, -0.2) is 0 Å². The molecule has 2 aromatic carbocycles. The second kappa shape index (κ2) is 17.7. The predicted octanol–water partition coefficient (Wildman–Crippen LogP) is 6.00. The number of nitrogens with zero attached hydrogens (tertiary/aromatic N) is 3. The number of halogens is 1. The van der Waals surface area contributed by atoms with Crippen LogP contribution in [0.2, 0.25) is 0 Å². The maximum Gasteiger partial charge on any atom is 0.222 e. The van der Waals surface area contributed by atoms with Gasteiger partial charge in [-0.05, 0) is 62.5 Å². The molecule has 0 saturated carbocycles. The molecule has 3 saturated heterocycles. The third kappa shape index (κ3) is 11.2. The minimum absolute atomic E-state index is 0.220. The van der Waals surface area contributed by atoms with Gasteiger partial charge >= 0.3 is 0 Å². The Hall–Kier alpha value is -2.22. The summed E-state index contributed by atoms with van der Waals surface area (Å²) in [7, 11) is 0. The zero-order valence-corrected chi connectivity index (χ0v) is 26.3. The molecule has 41 heavy (non-hydrogen) atoms. The Morgan fingerprint density at radius 3 is 1.85 bits per heavy atom. The van der Waals surface area contributed by atoms with E-state index in [1.807, 2.05) is 0 Å². The number of hydrogen-bond donors (Lipinski definition) is 1. The van der Waals surface area contributed by atoms with E-state index in [2.05, 4.69) is 96.6 Å². The normalized spacial score (nSPS) is 19.4. The van der Waals surface area contributed by atoms with Gasteiger partial charge in [0.25, 0.3) is 0 Å². The predicted molar refractivity (Wildman–Crippen MR) is 171 cm³/mol. The van der Waals surface area contributed by atoms with E-state index < -0.39 is 0 Å². The minimum Gasteiger partial charge on any atom is -0.353 e. The lowest BCUT2D eigenvalue weighted by Crippen LogP contribution is -2.48. The van der Waals surface area contributed by atoms with Crippen molar-refractivity contribution in [2.45, 2.75) is 89.4 Å². The van der Waals surface area contributed by atoms with Gasteiger partial charge in [0.15, 0.2) is 0 Å². The maximum atomic E-state index is 12.0. The lowest BCUT2D eigenvalue weighted by molar-refractivity contribution is -0.136. The lowest BCUT2D eigenvalue weighted by Gasteiger charge is -2.40. The standard InChI is InChI=1S/C17H25BrN2O.C17H24N2O/c18-11-5-4-8-17(21)19-16-9-12-20(13-10-16)14-15-6-2-1-3-7-15;20-17-8-4-5-11-19(17)16-9-12-18(13-10-16)14-15-6-2-1-3-7-15/h1-3,6-7,16H,4-5,8-14H2,(H,19,21);1-3,6-7,16H,4-5,8-14H2. The molecule has 224 valence electrons. The van der Waals surface area contributed by atoms with Gasteiger partial charge < -0.3 is 10.2 Å². The highest BCUT2D eigenvalue weighted by atomic mass is 79.9. The van der Waals surface area contributed by atoms with Gasteiger partial charge in [-0.1, -0.05) is 76.6 Å². The highest BCUT2D eigenvalue weighted by Crippen LogP contribution is 2.22. The molecule has 0 aliphatic carbocycles. The minimum atomic E-state index is 0.220. The van der Waals surface area contributed by atoms with Gasteiger partial charge in [0.05, 0.1) is 0 Å². The molecule has 0 atom stereocenters. The lowest BCUT2D eigenvalue weighted by atomic mass is 9.99. The van der Waals surface area contributed by atoms with Crippen LogP contribution in [0.1, 0.15) is 75.3 Å². The number of alkyl halides is 1. The van der Waals surface area contributed by atoms with Crippen molar-refractivity contribution in [3.8, 4) is 0 Å². The van der Waals surface area contributed by atoms with E-state index >= 15 is 0 Å². The average Bonchev–Trinajstić information content (AvgIpc) is 3.00. The highest BCUT2D eigenvalue weighted by Gasteiger charge is 2.29. The molecule has 0 unspecified atom stereocenters. The van der Waals surface area contributed by atoms with Crippen LogP contribution in [0.25, 0.3) is 0 Å². The van der Waals surface area contributed by atoms with Crippen molar-refractivity contribution in [3.05, 3.63) is 71.8 Å². The Labute approximate surface area is 256 Å². The molecular weight excluding hydrogens is 576 g/mol. The van der Waals surface area contributed by atoms with Crippen LogP contribution in [0.3, 0.4) is 0 Å². The molecule has 0 bridgehead atoms. The SMILES string of the molecule is O=C(CCCCBr)NC1CCN(Cc2ccccc2)CC1.O=C1CCCCN1C1CCN(Cc2ccccc2)CC1. The van der Waals surface area contributed by atoms with E-state index in [0.29, 0.717) is 24.4 Å². The number of unbranched alkanes of at least 4 members (excludes halogenated alkanes) is 1. The summed E-state index contributed by atoms with van der Waals surface area (Å²) in [5, 5.41) is 4.17. The highest BCUT2D eigenvalue weighted by molar-refractivity contribution is 9.09. The zero-order valence-electron chi connectivity index (χ0n) is 24.7. The van der Waals surface area contributed by atoms with Gasteiger partial charge in [-0.2, -0.15) is 0 Å². The van der Waals surface area contributed by atoms with Gasteiger partial charge in [0, 0.05) is 76.1 Å². The van der Waals surface area contributed by atoms with E-state index in [1.165, 1.54) is 17.5 Å². The monoisotopic (exact) mass is 624 g/mol. The van der Waals surface area contributed by atoms with E-state index in [-0.39, 0.29) is 5.91 Å². The van der Waals surface area contributed by atoms with Crippen LogP contribution in [-0.2, 0) is 22.7 Å². The Balaban J connectivity index is 0.000000189. The van der Waals surface area contributed by atoms with Gasteiger partial charge in [0.1, 0.15) is 0 Å². The molecule has 3 aliphatic heterocycles. The fourth-order valence-corrected chi connectivity index (χ4v) is 6.60. The Kier molecular flexibility index (Phi) is 13.7. The molecule has 5 rings (SSSR count). The molecule has 2 amide bonds.